The predicted octanol–water partition coefficient (Wildman–Crippen LogP) is 0.512. The molecule has 0 bridgehead atoms. The van der Waals surface area contributed by atoms with E-state index in [-0.39, 0.29) is 0 Å². The summed E-state index contributed by atoms with van der Waals surface area (Å²) in [6.07, 6.45) is 1.25. The summed E-state index contributed by atoms with van der Waals surface area (Å²) in [5.74, 6) is 0.949. The highest BCUT2D eigenvalue weighted by Gasteiger charge is 2.00. The van der Waals surface area contributed by atoms with Gasteiger partial charge in [0.25, 0.3) is 0 Å². The van der Waals surface area contributed by atoms with Crippen LogP contribution >= 0.6 is 0 Å². The van der Waals surface area contributed by atoms with Gasteiger partial charge < -0.3 is 10.6 Å². The van der Waals surface area contributed by atoms with Crippen molar-refractivity contribution in [2.75, 3.05) is 6.54 Å². The van der Waals surface area contributed by atoms with Crippen LogP contribution in [0.2, 0.25) is 6.04 Å². The molecule has 0 spiro atoms. The Bertz CT molecular complexity index is 167. The van der Waals surface area contributed by atoms with Gasteiger partial charge in [0.2, 0.25) is 0 Å². The van der Waals surface area contributed by atoms with Crippen molar-refractivity contribution in [1.29, 1.82) is 0 Å². The molecule has 0 aliphatic rings. The van der Waals surface area contributed by atoms with Gasteiger partial charge in [-0.1, -0.05) is 6.04 Å². The number of rotatable bonds is 5. The molecular weight excluding hydrogens is 190 g/mol. The Hall–Kier alpha value is -0.513. The second-order valence-electron chi connectivity index (χ2n) is 4.15. The fraction of sp³-hybridized carbons (Fsp3) is 0.900. The first-order valence-electron chi connectivity index (χ1n) is 5.64. The first-order chi connectivity index (χ1) is 6.56. The maximum atomic E-state index is 4.49. The van der Waals surface area contributed by atoms with Gasteiger partial charge in [-0.2, -0.15) is 0 Å². The summed E-state index contributed by atoms with van der Waals surface area (Å²) in [7, 11) is 1.30. The van der Waals surface area contributed by atoms with Gasteiger partial charge in [-0.3, -0.25) is 4.99 Å². The first-order valence-corrected chi connectivity index (χ1v) is 7.05. The van der Waals surface area contributed by atoms with Crippen LogP contribution in [0.3, 0.4) is 0 Å². The van der Waals surface area contributed by atoms with Crippen LogP contribution in [0.25, 0.3) is 0 Å². The van der Waals surface area contributed by atoms with E-state index in [1.54, 1.807) is 0 Å². The number of hydrogen-bond donors (Lipinski definition) is 2. The minimum absolute atomic E-state index is 0.347. The highest BCUT2D eigenvalue weighted by Crippen LogP contribution is 1.88. The standard InChI is InChI=1S/C10H25N3Si/c1-8(2)12-10(13-9(3)4)11-6-5-7-14/h8-9H,5-7H2,1-4,14H3,(H2,11,12,13). The summed E-state index contributed by atoms with van der Waals surface area (Å²) in [6.45, 7) is 9.48. The Morgan fingerprint density at radius 3 is 2.36 bits per heavy atom. The summed E-state index contributed by atoms with van der Waals surface area (Å²) in [4.78, 5) is 4.49. The van der Waals surface area contributed by atoms with Gasteiger partial charge in [-0.05, 0) is 34.1 Å². The Kier molecular flexibility index (Phi) is 7.56. The third kappa shape index (κ3) is 8.10. The van der Waals surface area contributed by atoms with Crippen molar-refractivity contribution in [2.24, 2.45) is 4.99 Å². The molecule has 0 aromatic heterocycles. The highest BCUT2D eigenvalue weighted by molar-refractivity contribution is 6.08. The molecule has 0 aromatic rings. The van der Waals surface area contributed by atoms with Gasteiger partial charge in [0.1, 0.15) is 0 Å². The number of hydrogen-bond acceptors (Lipinski definition) is 1. The van der Waals surface area contributed by atoms with E-state index in [9.17, 15) is 0 Å². The van der Waals surface area contributed by atoms with Crippen molar-refractivity contribution < 1.29 is 0 Å². The smallest absolute Gasteiger partial charge is 0.191 e. The number of guanidine groups is 1. The topological polar surface area (TPSA) is 36.4 Å². The second kappa shape index (κ2) is 7.85. The zero-order valence-electron chi connectivity index (χ0n) is 10.2. The average Bonchev–Trinajstić information content (AvgIpc) is 2.02. The van der Waals surface area contributed by atoms with Gasteiger partial charge in [-0.25, -0.2) is 0 Å². The van der Waals surface area contributed by atoms with E-state index in [0.717, 1.165) is 12.5 Å². The van der Waals surface area contributed by atoms with E-state index in [0.29, 0.717) is 12.1 Å². The maximum Gasteiger partial charge on any atom is 0.191 e. The van der Waals surface area contributed by atoms with Gasteiger partial charge >= 0.3 is 0 Å². The average molecular weight is 215 g/mol. The summed E-state index contributed by atoms with van der Waals surface area (Å²) < 4.78 is 0. The lowest BCUT2D eigenvalue weighted by atomic mass is 10.4. The van der Waals surface area contributed by atoms with Crippen molar-refractivity contribution in [3.05, 3.63) is 0 Å². The van der Waals surface area contributed by atoms with Gasteiger partial charge in [0, 0.05) is 28.9 Å². The molecule has 0 fully saturated rings. The molecule has 0 saturated carbocycles. The number of nitrogens with zero attached hydrogens (tertiary/aromatic N) is 1. The van der Waals surface area contributed by atoms with Gasteiger partial charge in [0.15, 0.2) is 5.96 Å². The molecule has 0 heterocycles. The van der Waals surface area contributed by atoms with E-state index in [2.05, 4.69) is 43.3 Å². The van der Waals surface area contributed by atoms with Crippen LogP contribution in [-0.4, -0.2) is 34.8 Å². The molecule has 2 N–H and O–H groups in total. The Morgan fingerprint density at radius 1 is 1.29 bits per heavy atom. The third-order valence-electron chi connectivity index (χ3n) is 1.64. The molecule has 0 saturated heterocycles. The molecule has 0 rings (SSSR count). The predicted molar refractivity (Wildman–Crippen MR) is 68.2 cm³/mol. The molecule has 0 radical (unpaired) electrons. The largest absolute Gasteiger partial charge is 0.356 e. The molecule has 14 heavy (non-hydrogen) atoms. The number of aliphatic imine (C=N–C) groups is 1. The third-order valence-corrected chi connectivity index (χ3v) is 2.34. The van der Waals surface area contributed by atoms with Gasteiger partial charge in [-0.15, -0.1) is 0 Å². The molecule has 0 atom stereocenters. The lowest BCUT2D eigenvalue weighted by Crippen LogP contribution is -2.42. The minimum atomic E-state index is 0.347. The lowest BCUT2D eigenvalue weighted by molar-refractivity contribution is 0.680. The molecular formula is C10H25N3Si. The molecule has 4 heteroatoms. The molecule has 0 amide bonds. The molecule has 0 unspecified atom stereocenters. The number of nitrogens with one attached hydrogen (secondary N) is 2. The molecule has 0 aliphatic heterocycles. The van der Waals surface area contributed by atoms with Crippen molar-refractivity contribution in [2.45, 2.75) is 52.2 Å². The molecule has 84 valence electrons. The van der Waals surface area contributed by atoms with E-state index < -0.39 is 0 Å². The lowest BCUT2D eigenvalue weighted by Gasteiger charge is -2.15. The fourth-order valence-electron chi connectivity index (χ4n) is 1.05. The van der Waals surface area contributed by atoms with Crippen LogP contribution < -0.4 is 10.6 Å². The minimum Gasteiger partial charge on any atom is -0.356 e. The monoisotopic (exact) mass is 215 g/mol. The normalized spacial score (nSPS) is 12.6. The Labute approximate surface area is 91.2 Å². The van der Waals surface area contributed by atoms with Crippen LogP contribution in [0, 0.1) is 0 Å². The van der Waals surface area contributed by atoms with Crippen LogP contribution in [0.4, 0.5) is 0 Å². The van der Waals surface area contributed by atoms with Crippen molar-refractivity contribution in [3.63, 3.8) is 0 Å². The fourth-order valence-corrected chi connectivity index (χ4v) is 1.40. The summed E-state index contributed by atoms with van der Waals surface area (Å²) in [6, 6.07) is 2.14. The van der Waals surface area contributed by atoms with Crippen LogP contribution in [0.1, 0.15) is 34.1 Å². The molecule has 3 nitrogen and oxygen atoms in total. The SMILES string of the molecule is CC(C)/N=C(\NCCC[SiH3])NC(C)C. The van der Waals surface area contributed by atoms with Crippen molar-refractivity contribution >= 4 is 16.2 Å². The Balaban J connectivity index is 3.98. The van der Waals surface area contributed by atoms with E-state index in [1.807, 2.05) is 0 Å². The molecule has 0 aliphatic carbocycles. The summed E-state index contributed by atoms with van der Waals surface area (Å²) >= 11 is 0. The van der Waals surface area contributed by atoms with Crippen LogP contribution in [0.15, 0.2) is 4.99 Å². The van der Waals surface area contributed by atoms with Crippen LogP contribution in [0.5, 0.6) is 0 Å². The quantitative estimate of drug-likeness (QED) is 0.303. The zero-order chi connectivity index (χ0) is 11.0. The highest BCUT2D eigenvalue weighted by atomic mass is 28.1. The first kappa shape index (κ1) is 13.5. The van der Waals surface area contributed by atoms with Crippen molar-refractivity contribution in [1.82, 2.24) is 10.6 Å². The van der Waals surface area contributed by atoms with E-state index in [4.69, 9.17) is 0 Å². The van der Waals surface area contributed by atoms with E-state index >= 15 is 0 Å². The zero-order valence-corrected chi connectivity index (χ0v) is 12.2. The van der Waals surface area contributed by atoms with Crippen LogP contribution in [-0.2, 0) is 0 Å². The van der Waals surface area contributed by atoms with Gasteiger partial charge in [0.05, 0.1) is 0 Å². The second-order valence-corrected chi connectivity index (χ2v) is 5.15. The summed E-state index contributed by atoms with van der Waals surface area (Å²) in [5.41, 5.74) is 0. The van der Waals surface area contributed by atoms with E-state index in [1.165, 1.54) is 22.7 Å². The maximum absolute atomic E-state index is 4.49. The summed E-state index contributed by atoms with van der Waals surface area (Å²) in [5, 5.41) is 6.66. The molecule has 0 aromatic carbocycles. The van der Waals surface area contributed by atoms with Crippen molar-refractivity contribution in [3.8, 4) is 0 Å². The Morgan fingerprint density at radius 2 is 1.93 bits per heavy atom.